The van der Waals surface area contributed by atoms with Crippen LogP contribution in [0.3, 0.4) is 0 Å². The molecule has 0 spiro atoms. The SMILES string of the molecule is CCc1ccc(C(=O)CN2C(=O)NC(C)(c3ccc4c(c3)OCCCO4)C2=O)cc1. The smallest absolute Gasteiger partial charge is 0.325 e. The number of Topliss-reactive ketones (excluding diaryl/α,β-unsaturated/α-hetero) is 1. The number of nitrogens with zero attached hydrogens (tertiary/aromatic N) is 1. The Kier molecular flexibility index (Phi) is 5.20. The molecule has 1 saturated heterocycles. The molecule has 2 aromatic carbocycles. The Morgan fingerprint density at radius 1 is 1.07 bits per heavy atom. The number of aryl methyl sites for hydroxylation is 1. The van der Waals surface area contributed by atoms with Crippen LogP contribution in [-0.2, 0) is 16.8 Å². The average molecular weight is 408 g/mol. The quantitative estimate of drug-likeness (QED) is 0.607. The number of fused-ring (bicyclic) bond motifs is 1. The maximum Gasteiger partial charge on any atom is 0.325 e. The molecule has 1 N–H and O–H groups in total. The number of carbonyl (C=O) groups is 3. The van der Waals surface area contributed by atoms with E-state index in [9.17, 15) is 14.4 Å². The summed E-state index contributed by atoms with van der Waals surface area (Å²) in [6, 6.07) is 11.8. The van der Waals surface area contributed by atoms with Gasteiger partial charge in [0.2, 0.25) is 0 Å². The molecular formula is C23H24N2O5. The summed E-state index contributed by atoms with van der Waals surface area (Å²) in [5.74, 6) is 0.391. The minimum absolute atomic E-state index is 0.288. The van der Waals surface area contributed by atoms with Gasteiger partial charge < -0.3 is 14.8 Å². The van der Waals surface area contributed by atoms with Gasteiger partial charge in [-0.15, -0.1) is 0 Å². The molecule has 156 valence electrons. The molecule has 2 aliphatic rings. The monoisotopic (exact) mass is 408 g/mol. The van der Waals surface area contributed by atoms with Crippen molar-refractivity contribution >= 4 is 17.7 Å². The van der Waals surface area contributed by atoms with Gasteiger partial charge in [-0.05, 0) is 36.6 Å². The zero-order valence-electron chi connectivity index (χ0n) is 17.1. The first kappa shape index (κ1) is 19.9. The van der Waals surface area contributed by atoms with E-state index >= 15 is 0 Å². The molecule has 0 aliphatic carbocycles. The number of urea groups is 1. The number of ether oxygens (including phenoxy) is 2. The lowest BCUT2D eigenvalue weighted by atomic mass is 9.91. The Hall–Kier alpha value is -3.35. The molecule has 2 aliphatic heterocycles. The van der Waals surface area contributed by atoms with Crippen molar-refractivity contribution in [2.75, 3.05) is 19.8 Å². The third-order valence-corrected chi connectivity index (χ3v) is 5.59. The second-order valence-electron chi connectivity index (χ2n) is 7.63. The predicted octanol–water partition coefficient (Wildman–Crippen LogP) is 3.06. The molecular weight excluding hydrogens is 384 g/mol. The van der Waals surface area contributed by atoms with Crippen molar-refractivity contribution in [1.82, 2.24) is 10.2 Å². The predicted molar refractivity (Wildman–Crippen MR) is 110 cm³/mol. The van der Waals surface area contributed by atoms with Crippen molar-refractivity contribution in [2.45, 2.75) is 32.2 Å². The number of amides is 3. The molecule has 4 rings (SSSR count). The normalized spacial score (nSPS) is 20.7. The molecule has 0 bridgehead atoms. The molecule has 30 heavy (non-hydrogen) atoms. The van der Waals surface area contributed by atoms with E-state index in [-0.39, 0.29) is 12.3 Å². The lowest BCUT2D eigenvalue weighted by molar-refractivity contribution is -0.130. The maximum absolute atomic E-state index is 13.2. The lowest BCUT2D eigenvalue weighted by Crippen LogP contribution is -2.41. The van der Waals surface area contributed by atoms with Crippen molar-refractivity contribution in [1.29, 1.82) is 0 Å². The molecule has 2 heterocycles. The zero-order valence-corrected chi connectivity index (χ0v) is 17.1. The summed E-state index contributed by atoms with van der Waals surface area (Å²) in [5, 5.41) is 2.73. The molecule has 1 atom stereocenters. The molecule has 0 saturated carbocycles. The van der Waals surface area contributed by atoms with Crippen molar-refractivity contribution in [3.63, 3.8) is 0 Å². The van der Waals surface area contributed by atoms with Crippen LogP contribution in [0, 0.1) is 0 Å². The number of hydrogen-bond acceptors (Lipinski definition) is 5. The lowest BCUT2D eigenvalue weighted by Gasteiger charge is -2.23. The van der Waals surface area contributed by atoms with Gasteiger partial charge in [-0.2, -0.15) is 0 Å². The number of rotatable bonds is 5. The van der Waals surface area contributed by atoms with Gasteiger partial charge in [0.15, 0.2) is 17.3 Å². The summed E-state index contributed by atoms with van der Waals surface area (Å²) in [4.78, 5) is 39.4. The highest BCUT2D eigenvalue weighted by molar-refractivity contribution is 6.11. The molecule has 0 aromatic heterocycles. The Bertz CT molecular complexity index is 1000. The van der Waals surface area contributed by atoms with Crippen LogP contribution in [0.25, 0.3) is 0 Å². The Balaban J connectivity index is 1.55. The Morgan fingerprint density at radius 3 is 2.47 bits per heavy atom. The summed E-state index contributed by atoms with van der Waals surface area (Å²) >= 11 is 0. The Morgan fingerprint density at radius 2 is 1.77 bits per heavy atom. The van der Waals surface area contributed by atoms with Gasteiger partial charge in [0.1, 0.15) is 5.54 Å². The molecule has 0 radical (unpaired) electrons. The van der Waals surface area contributed by atoms with Crippen LogP contribution in [-0.4, -0.2) is 42.4 Å². The molecule has 7 nitrogen and oxygen atoms in total. The fourth-order valence-electron chi connectivity index (χ4n) is 3.67. The van der Waals surface area contributed by atoms with Gasteiger partial charge in [-0.25, -0.2) is 4.79 Å². The Labute approximate surface area is 175 Å². The molecule has 1 unspecified atom stereocenters. The van der Waals surface area contributed by atoms with Crippen LogP contribution in [0.5, 0.6) is 11.5 Å². The summed E-state index contributed by atoms with van der Waals surface area (Å²) < 4.78 is 11.3. The third-order valence-electron chi connectivity index (χ3n) is 5.59. The van der Waals surface area contributed by atoms with Gasteiger partial charge in [-0.3, -0.25) is 14.5 Å². The number of carbonyl (C=O) groups excluding carboxylic acids is 3. The van der Waals surface area contributed by atoms with E-state index in [0.717, 1.165) is 23.3 Å². The zero-order chi connectivity index (χ0) is 21.3. The van der Waals surface area contributed by atoms with Gasteiger partial charge in [0, 0.05) is 12.0 Å². The number of benzene rings is 2. The van der Waals surface area contributed by atoms with Crippen LogP contribution in [0.4, 0.5) is 4.79 Å². The highest BCUT2D eigenvalue weighted by atomic mass is 16.5. The first-order valence-corrected chi connectivity index (χ1v) is 10.1. The maximum atomic E-state index is 13.2. The van der Waals surface area contributed by atoms with E-state index in [1.54, 1.807) is 37.3 Å². The molecule has 2 aromatic rings. The van der Waals surface area contributed by atoms with Crippen LogP contribution >= 0.6 is 0 Å². The standard InChI is InChI=1S/C23H24N2O5/c1-3-15-5-7-16(8-6-15)18(26)14-25-21(27)23(2,24-22(25)28)17-9-10-19-20(13-17)30-12-4-11-29-19/h5-10,13H,3-4,11-12,14H2,1-2H3,(H,24,28). The summed E-state index contributed by atoms with van der Waals surface area (Å²) in [5.41, 5.74) is 0.876. The third kappa shape index (κ3) is 3.51. The highest BCUT2D eigenvalue weighted by Crippen LogP contribution is 2.36. The second-order valence-corrected chi connectivity index (χ2v) is 7.63. The van der Waals surface area contributed by atoms with Gasteiger partial charge in [-0.1, -0.05) is 37.3 Å². The van der Waals surface area contributed by atoms with Crippen molar-refractivity contribution in [2.24, 2.45) is 0 Å². The van der Waals surface area contributed by atoms with Gasteiger partial charge >= 0.3 is 6.03 Å². The first-order chi connectivity index (χ1) is 14.4. The first-order valence-electron chi connectivity index (χ1n) is 10.1. The van der Waals surface area contributed by atoms with E-state index in [4.69, 9.17) is 9.47 Å². The summed E-state index contributed by atoms with van der Waals surface area (Å²) in [7, 11) is 0. The fraction of sp³-hybridized carbons (Fsp3) is 0.348. The minimum Gasteiger partial charge on any atom is -0.490 e. The number of ketones is 1. The van der Waals surface area contributed by atoms with Crippen molar-refractivity contribution < 1.29 is 23.9 Å². The number of imide groups is 1. The van der Waals surface area contributed by atoms with Crippen molar-refractivity contribution in [3.05, 3.63) is 59.2 Å². The van der Waals surface area contributed by atoms with Crippen LogP contribution in [0.1, 0.15) is 41.8 Å². The van der Waals surface area contributed by atoms with Crippen molar-refractivity contribution in [3.8, 4) is 11.5 Å². The summed E-state index contributed by atoms with van der Waals surface area (Å²) in [6.45, 7) is 4.44. The second kappa shape index (κ2) is 7.82. The van der Waals surface area contributed by atoms with E-state index in [1.165, 1.54) is 0 Å². The summed E-state index contributed by atoms with van der Waals surface area (Å²) in [6.07, 6.45) is 1.64. The van der Waals surface area contributed by atoms with Gasteiger partial charge in [0.05, 0.1) is 19.8 Å². The highest BCUT2D eigenvalue weighted by Gasteiger charge is 2.49. The largest absolute Gasteiger partial charge is 0.490 e. The van der Waals surface area contributed by atoms with Crippen LogP contribution in [0.15, 0.2) is 42.5 Å². The minimum atomic E-state index is -1.28. The van der Waals surface area contributed by atoms with E-state index < -0.39 is 17.5 Å². The molecule has 7 heteroatoms. The molecule has 3 amide bonds. The topological polar surface area (TPSA) is 84.9 Å². The average Bonchev–Trinajstić information content (AvgIpc) is 2.93. The van der Waals surface area contributed by atoms with Crippen LogP contribution in [0.2, 0.25) is 0 Å². The fourth-order valence-corrected chi connectivity index (χ4v) is 3.67. The van der Waals surface area contributed by atoms with E-state index in [0.29, 0.717) is 35.8 Å². The molecule has 1 fully saturated rings. The number of nitrogens with one attached hydrogen (secondary N) is 1. The number of hydrogen-bond donors (Lipinski definition) is 1. The van der Waals surface area contributed by atoms with E-state index in [2.05, 4.69) is 5.32 Å². The van der Waals surface area contributed by atoms with Gasteiger partial charge in [0.25, 0.3) is 5.91 Å². The van der Waals surface area contributed by atoms with E-state index in [1.807, 2.05) is 19.1 Å². The van der Waals surface area contributed by atoms with Crippen LogP contribution < -0.4 is 14.8 Å².